The minimum absolute atomic E-state index is 0.0602. The smallest absolute Gasteiger partial charge is 0.359 e. The normalized spacial score (nSPS) is 11.5. The van der Waals surface area contributed by atoms with Crippen LogP contribution >= 0.6 is 0 Å². The van der Waals surface area contributed by atoms with Gasteiger partial charge >= 0.3 is 5.97 Å². The van der Waals surface area contributed by atoms with E-state index in [4.69, 9.17) is 4.74 Å². The van der Waals surface area contributed by atoms with E-state index in [2.05, 4.69) is 9.97 Å². The Morgan fingerprint density at radius 3 is 2.43 bits per heavy atom. The first-order valence-corrected chi connectivity index (χ1v) is 6.32. The first-order chi connectivity index (χ1) is 10.1. The highest BCUT2D eigenvalue weighted by atomic mass is 16.5. The van der Waals surface area contributed by atoms with E-state index in [1.807, 2.05) is 6.07 Å². The lowest BCUT2D eigenvalue weighted by molar-refractivity contribution is -0.138. The van der Waals surface area contributed by atoms with E-state index in [0.29, 0.717) is 5.56 Å². The zero-order valence-corrected chi connectivity index (χ0v) is 11.8. The molecule has 0 fully saturated rings. The van der Waals surface area contributed by atoms with Crippen molar-refractivity contribution in [3.8, 4) is 0 Å². The number of esters is 1. The molecule has 2 aromatic rings. The summed E-state index contributed by atoms with van der Waals surface area (Å²) in [6, 6.07) is 8.85. The average molecular weight is 285 g/mol. The molecular weight excluding hydrogens is 270 g/mol. The number of nitrogens with zero attached hydrogens (tertiary/aromatic N) is 3. The van der Waals surface area contributed by atoms with Crippen molar-refractivity contribution in [1.29, 1.82) is 0 Å². The second-order valence-electron chi connectivity index (χ2n) is 4.52. The fourth-order valence-electron chi connectivity index (χ4n) is 1.70. The van der Waals surface area contributed by atoms with E-state index in [1.165, 1.54) is 23.5 Å². The Kier molecular flexibility index (Phi) is 4.61. The number of rotatable bonds is 4. The zero-order valence-electron chi connectivity index (χ0n) is 11.8. The number of likely N-dealkylation sites (N-methyl/N-ethyl adjacent to an activating group) is 1. The third-order valence-corrected chi connectivity index (χ3v) is 2.76. The van der Waals surface area contributed by atoms with Gasteiger partial charge in [0.05, 0.1) is 6.20 Å². The Morgan fingerprint density at radius 1 is 1.14 bits per heavy atom. The topological polar surface area (TPSA) is 72.4 Å². The van der Waals surface area contributed by atoms with Crippen molar-refractivity contribution in [1.82, 2.24) is 14.9 Å². The molecule has 2 rings (SSSR count). The minimum Gasteiger partial charge on any atom is -0.443 e. The Balaban J connectivity index is 2.25. The maximum Gasteiger partial charge on any atom is 0.359 e. The second-order valence-corrected chi connectivity index (χ2v) is 4.52. The van der Waals surface area contributed by atoms with Gasteiger partial charge in [-0.05, 0) is 0 Å². The zero-order chi connectivity index (χ0) is 15.2. The molecule has 0 unspecified atom stereocenters. The molecule has 21 heavy (non-hydrogen) atoms. The molecule has 0 aliphatic carbocycles. The van der Waals surface area contributed by atoms with Crippen LogP contribution in [-0.2, 0) is 9.53 Å². The molecule has 6 nitrogen and oxygen atoms in total. The van der Waals surface area contributed by atoms with Crippen LogP contribution < -0.4 is 0 Å². The first kappa shape index (κ1) is 14.6. The fraction of sp³-hybridized carbons (Fsp3) is 0.200. The lowest BCUT2D eigenvalue weighted by atomic mass is 10.1. The number of amides is 1. The largest absolute Gasteiger partial charge is 0.443 e. The minimum atomic E-state index is -1.00. The third-order valence-electron chi connectivity index (χ3n) is 2.76. The summed E-state index contributed by atoms with van der Waals surface area (Å²) in [5.74, 6) is -1.01. The number of carbonyl (C=O) groups excluding carboxylic acids is 2. The summed E-state index contributed by atoms with van der Waals surface area (Å²) in [6.45, 7) is 0. The van der Waals surface area contributed by atoms with Crippen molar-refractivity contribution in [3.05, 3.63) is 60.2 Å². The second kappa shape index (κ2) is 6.60. The Bertz CT molecular complexity index is 615. The van der Waals surface area contributed by atoms with Crippen molar-refractivity contribution < 1.29 is 14.3 Å². The molecule has 0 bridgehead atoms. The Hall–Kier alpha value is -2.76. The van der Waals surface area contributed by atoms with E-state index in [0.717, 1.165) is 0 Å². The number of hydrogen-bond donors (Lipinski definition) is 0. The summed E-state index contributed by atoms with van der Waals surface area (Å²) >= 11 is 0. The molecule has 6 heteroatoms. The standard InChI is InChI=1S/C15H15N3O3/c1-18(2)14(19)13(11-6-4-3-5-7-11)21-15(20)12-10-16-8-9-17-12/h3-10,13H,1-2H3/t13-/m0/s1. The van der Waals surface area contributed by atoms with E-state index >= 15 is 0 Å². The molecule has 1 aromatic carbocycles. The van der Waals surface area contributed by atoms with Gasteiger partial charge in [-0.2, -0.15) is 0 Å². The molecule has 0 saturated heterocycles. The van der Waals surface area contributed by atoms with Gasteiger partial charge in [0.2, 0.25) is 6.10 Å². The van der Waals surface area contributed by atoms with Crippen LogP contribution in [0, 0.1) is 0 Å². The first-order valence-electron chi connectivity index (χ1n) is 6.32. The quantitative estimate of drug-likeness (QED) is 0.795. The van der Waals surface area contributed by atoms with E-state index in [-0.39, 0.29) is 11.6 Å². The summed E-state index contributed by atoms with van der Waals surface area (Å²) in [6.07, 6.45) is 3.14. The van der Waals surface area contributed by atoms with Gasteiger partial charge in [-0.25, -0.2) is 9.78 Å². The number of aromatic nitrogens is 2. The van der Waals surface area contributed by atoms with Crippen molar-refractivity contribution in [2.75, 3.05) is 14.1 Å². The van der Waals surface area contributed by atoms with Crippen LogP contribution in [0.5, 0.6) is 0 Å². The van der Waals surface area contributed by atoms with Gasteiger partial charge in [0.1, 0.15) is 0 Å². The molecule has 0 aliphatic rings. The molecule has 1 amide bonds. The van der Waals surface area contributed by atoms with Gasteiger partial charge in [-0.15, -0.1) is 0 Å². The van der Waals surface area contributed by atoms with Crippen LogP contribution in [0.2, 0.25) is 0 Å². The predicted octanol–water partition coefficient (Wildman–Crippen LogP) is 1.46. The van der Waals surface area contributed by atoms with Crippen molar-refractivity contribution in [3.63, 3.8) is 0 Å². The summed E-state index contributed by atoms with van der Waals surface area (Å²) in [5.41, 5.74) is 0.665. The molecule has 0 N–H and O–H groups in total. The van der Waals surface area contributed by atoms with Crippen molar-refractivity contribution in [2.45, 2.75) is 6.10 Å². The Labute approximate surface area is 122 Å². The molecule has 1 aromatic heterocycles. The molecule has 0 aliphatic heterocycles. The maximum absolute atomic E-state index is 12.2. The molecular formula is C15H15N3O3. The van der Waals surface area contributed by atoms with Crippen LogP contribution in [0.25, 0.3) is 0 Å². The summed E-state index contributed by atoms with van der Waals surface area (Å²) < 4.78 is 5.31. The lowest BCUT2D eigenvalue weighted by Crippen LogP contribution is -2.31. The highest BCUT2D eigenvalue weighted by Gasteiger charge is 2.27. The van der Waals surface area contributed by atoms with Crippen LogP contribution in [-0.4, -0.2) is 40.8 Å². The van der Waals surface area contributed by atoms with Gasteiger partial charge in [0.25, 0.3) is 5.91 Å². The van der Waals surface area contributed by atoms with E-state index in [1.54, 1.807) is 38.4 Å². The van der Waals surface area contributed by atoms with E-state index < -0.39 is 12.1 Å². The highest BCUT2D eigenvalue weighted by Crippen LogP contribution is 2.20. The number of carbonyl (C=O) groups is 2. The molecule has 108 valence electrons. The van der Waals surface area contributed by atoms with Gasteiger partial charge in [-0.1, -0.05) is 30.3 Å². The van der Waals surface area contributed by atoms with Gasteiger partial charge in [-0.3, -0.25) is 9.78 Å². The molecule has 0 spiro atoms. The lowest BCUT2D eigenvalue weighted by Gasteiger charge is -2.20. The molecule has 1 heterocycles. The number of ether oxygens (including phenoxy) is 1. The van der Waals surface area contributed by atoms with Crippen molar-refractivity contribution >= 4 is 11.9 Å². The highest BCUT2D eigenvalue weighted by molar-refractivity contribution is 5.90. The SMILES string of the molecule is CN(C)C(=O)[C@@H](OC(=O)c1cnccn1)c1ccccc1. The predicted molar refractivity (Wildman–Crippen MR) is 75.3 cm³/mol. The molecule has 0 saturated carbocycles. The van der Waals surface area contributed by atoms with Crippen molar-refractivity contribution in [2.24, 2.45) is 0 Å². The van der Waals surface area contributed by atoms with Gasteiger partial charge in [0.15, 0.2) is 5.69 Å². The maximum atomic E-state index is 12.2. The summed E-state index contributed by atoms with van der Waals surface area (Å²) in [5, 5.41) is 0. The molecule has 0 radical (unpaired) electrons. The van der Waals surface area contributed by atoms with Gasteiger partial charge in [0, 0.05) is 32.1 Å². The van der Waals surface area contributed by atoms with Gasteiger partial charge < -0.3 is 9.64 Å². The fourth-order valence-corrected chi connectivity index (χ4v) is 1.70. The number of hydrogen-bond acceptors (Lipinski definition) is 5. The summed E-state index contributed by atoms with van der Waals surface area (Å²) in [7, 11) is 3.21. The van der Waals surface area contributed by atoms with Crippen LogP contribution in [0.3, 0.4) is 0 Å². The van der Waals surface area contributed by atoms with Crippen LogP contribution in [0.1, 0.15) is 22.2 Å². The summed E-state index contributed by atoms with van der Waals surface area (Å²) in [4.78, 5) is 33.3. The third kappa shape index (κ3) is 3.62. The molecule has 1 atom stereocenters. The average Bonchev–Trinajstić information content (AvgIpc) is 2.53. The number of benzene rings is 1. The Morgan fingerprint density at radius 2 is 1.86 bits per heavy atom. The van der Waals surface area contributed by atoms with Crippen LogP contribution in [0.15, 0.2) is 48.9 Å². The van der Waals surface area contributed by atoms with Crippen LogP contribution in [0.4, 0.5) is 0 Å². The monoisotopic (exact) mass is 285 g/mol. The van der Waals surface area contributed by atoms with E-state index in [9.17, 15) is 9.59 Å².